The number of hydrogen-bond acceptors (Lipinski definition) is 6. The molecule has 1 atom stereocenters. The van der Waals surface area contributed by atoms with Gasteiger partial charge in [0.05, 0.1) is 19.0 Å². The summed E-state index contributed by atoms with van der Waals surface area (Å²) in [5, 5.41) is 21.2. The number of anilines is 1. The molecule has 1 aromatic heterocycles. The van der Waals surface area contributed by atoms with Gasteiger partial charge in [-0.2, -0.15) is 0 Å². The number of carboxylic acids is 1. The predicted molar refractivity (Wildman–Crippen MR) is 131 cm³/mol. The Morgan fingerprint density at radius 1 is 1.00 bits per heavy atom. The highest BCUT2D eigenvalue weighted by molar-refractivity contribution is 7.14. The van der Waals surface area contributed by atoms with E-state index in [1.54, 1.807) is 12.1 Å². The first-order valence-electron chi connectivity index (χ1n) is 10.7. The van der Waals surface area contributed by atoms with E-state index in [2.05, 4.69) is 26.3 Å². The Morgan fingerprint density at radius 3 is 2.40 bits per heavy atom. The summed E-state index contributed by atoms with van der Waals surface area (Å²) < 4.78 is 0. The van der Waals surface area contributed by atoms with Crippen LogP contribution in [0.15, 0.2) is 60.0 Å². The number of aryl methyl sites for hydroxylation is 1. The molecule has 4 amide bonds. The monoisotopic (exact) mass is 495 g/mol. The molecule has 0 saturated carbocycles. The van der Waals surface area contributed by atoms with E-state index in [0.29, 0.717) is 12.1 Å². The standard InChI is InChI=1S/C24H25N5O5S/c1-15-7-9-17(10-8-15)18(11-21(31)32)27-20(30)13-25-22(33)19-14-35-24(28-19)29-23(34)26-12-16-5-3-2-4-6-16/h2-10,14,18H,11-13H2,1H3,(H,25,33)(H,27,30)(H,31,32)(H2,26,28,29,34). The largest absolute Gasteiger partial charge is 0.481 e. The minimum Gasteiger partial charge on any atom is -0.481 e. The lowest BCUT2D eigenvalue weighted by Gasteiger charge is -2.18. The number of nitrogens with one attached hydrogen (secondary N) is 4. The molecule has 182 valence electrons. The number of benzene rings is 2. The topological polar surface area (TPSA) is 150 Å². The van der Waals surface area contributed by atoms with Crippen LogP contribution in [-0.2, 0) is 16.1 Å². The molecule has 1 unspecified atom stereocenters. The van der Waals surface area contributed by atoms with Crippen molar-refractivity contribution in [2.45, 2.75) is 25.9 Å². The molecular weight excluding hydrogens is 470 g/mol. The van der Waals surface area contributed by atoms with Gasteiger partial charge < -0.3 is 21.1 Å². The molecule has 2 aromatic carbocycles. The molecule has 0 aliphatic heterocycles. The fourth-order valence-electron chi connectivity index (χ4n) is 3.08. The number of hydrogen-bond donors (Lipinski definition) is 5. The number of carboxylic acid groups (broad SMARTS) is 1. The van der Waals surface area contributed by atoms with E-state index in [4.69, 9.17) is 0 Å². The molecule has 3 rings (SSSR count). The van der Waals surface area contributed by atoms with Crippen molar-refractivity contribution in [2.75, 3.05) is 11.9 Å². The van der Waals surface area contributed by atoms with E-state index >= 15 is 0 Å². The molecule has 1 heterocycles. The Morgan fingerprint density at radius 2 is 1.71 bits per heavy atom. The lowest BCUT2D eigenvalue weighted by molar-refractivity contribution is -0.137. The summed E-state index contributed by atoms with van der Waals surface area (Å²) >= 11 is 1.07. The highest BCUT2D eigenvalue weighted by Gasteiger charge is 2.19. The second kappa shape index (κ2) is 12.3. The van der Waals surface area contributed by atoms with Crippen LogP contribution < -0.4 is 21.3 Å². The van der Waals surface area contributed by atoms with Gasteiger partial charge in [-0.05, 0) is 18.1 Å². The third kappa shape index (κ3) is 8.23. The number of urea groups is 1. The van der Waals surface area contributed by atoms with E-state index in [0.717, 1.165) is 22.5 Å². The average Bonchev–Trinajstić information content (AvgIpc) is 3.30. The summed E-state index contributed by atoms with van der Waals surface area (Å²) in [5.74, 6) is -2.20. The van der Waals surface area contributed by atoms with Crippen LogP contribution in [0.3, 0.4) is 0 Å². The van der Waals surface area contributed by atoms with E-state index in [9.17, 15) is 24.3 Å². The maximum Gasteiger partial charge on any atom is 0.321 e. The number of carbonyl (C=O) groups excluding carboxylic acids is 3. The number of amides is 4. The first-order chi connectivity index (χ1) is 16.8. The highest BCUT2D eigenvalue weighted by Crippen LogP contribution is 2.18. The minimum atomic E-state index is -1.06. The van der Waals surface area contributed by atoms with Gasteiger partial charge >= 0.3 is 12.0 Å². The first-order valence-corrected chi connectivity index (χ1v) is 11.6. The summed E-state index contributed by atoms with van der Waals surface area (Å²) in [5.41, 5.74) is 2.64. The molecule has 10 nitrogen and oxygen atoms in total. The molecular formula is C24H25N5O5S. The van der Waals surface area contributed by atoms with Crippen LogP contribution in [0.25, 0.3) is 0 Å². The Kier molecular flexibility index (Phi) is 8.90. The Balaban J connectivity index is 1.47. The summed E-state index contributed by atoms with van der Waals surface area (Å²) in [4.78, 5) is 52.0. The Labute approximate surface area is 205 Å². The van der Waals surface area contributed by atoms with Crippen LogP contribution in [0.2, 0.25) is 0 Å². The van der Waals surface area contributed by atoms with Gasteiger partial charge in [0.2, 0.25) is 5.91 Å². The minimum absolute atomic E-state index is 0.0433. The normalized spacial score (nSPS) is 11.2. The van der Waals surface area contributed by atoms with Crippen molar-refractivity contribution in [3.8, 4) is 0 Å². The van der Waals surface area contributed by atoms with Gasteiger partial charge in [-0.1, -0.05) is 60.2 Å². The molecule has 0 aliphatic carbocycles. The van der Waals surface area contributed by atoms with Crippen molar-refractivity contribution in [2.24, 2.45) is 0 Å². The van der Waals surface area contributed by atoms with E-state index in [-0.39, 0.29) is 23.8 Å². The zero-order chi connectivity index (χ0) is 25.2. The summed E-state index contributed by atoms with van der Waals surface area (Å²) in [6.07, 6.45) is -0.295. The van der Waals surface area contributed by atoms with Crippen LogP contribution in [0.5, 0.6) is 0 Å². The number of aliphatic carboxylic acids is 1. The molecule has 0 spiro atoms. The van der Waals surface area contributed by atoms with Crippen LogP contribution in [0.1, 0.15) is 39.6 Å². The number of rotatable bonds is 10. The van der Waals surface area contributed by atoms with Gasteiger partial charge in [-0.15, -0.1) is 11.3 Å². The van der Waals surface area contributed by atoms with E-state index in [1.807, 2.05) is 49.4 Å². The number of thiazole rings is 1. The number of nitrogens with zero attached hydrogens (tertiary/aromatic N) is 1. The third-order valence-electron chi connectivity index (χ3n) is 4.86. The maximum absolute atomic E-state index is 12.4. The Hall–Kier alpha value is -4.25. The molecule has 0 bridgehead atoms. The van der Waals surface area contributed by atoms with Gasteiger partial charge in [0.1, 0.15) is 5.69 Å². The van der Waals surface area contributed by atoms with Gasteiger partial charge in [-0.25, -0.2) is 9.78 Å². The molecule has 0 aliphatic rings. The molecule has 5 N–H and O–H groups in total. The first kappa shape index (κ1) is 25.4. The average molecular weight is 496 g/mol. The SMILES string of the molecule is Cc1ccc(C(CC(=O)O)NC(=O)CNC(=O)c2csc(NC(=O)NCc3ccccc3)n2)cc1. The van der Waals surface area contributed by atoms with Crippen LogP contribution in [0.4, 0.5) is 9.93 Å². The zero-order valence-electron chi connectivity index (χ0n) is 18.9. The van der Waals surface area contributed by atoms with Crippen molar-refractivity contribution in [3.63, 3.8) is 0 Å². The second-order valence-corrected chi connectivity index (χ2v) is 8.50. The lowest BCUT2D eigenvalue weighted by Crippen LogP contribution is -2.39. The molecule has 0 saturated heterocycles. The Bertz CT molecular complexity index is 1180. The van der Waals surface area contributed by atoms with Crippen molar-refractivity contribution in [1.29, 1.82) is 0 Å². The fraction of sp³-hybridized carbons (Fsp3) is 0.208. The van der Waals surface area contributed by atoms with E-state index < -0.39 is 29.9 Å². The summed E-state index contributed by atoms with van der Waals surface area (Å²) in [7, 11) is 0. The van der Waals surface area contributed by atoms with Gasteiger partial charge in [0, 0.05) is 11.9 Å². The van der Waals surface area contributed by atoms with Crippen molar-refractivity contribution in [1.82, 2.24) is 20.9 Å². The van der Waals surface area contributed by atoms with Gasteiger partial charge in [-0.3, -0.25) is 19.7 Å². The molecule has 0 radical (unpaired) electrons. The number of carbonyl (C=O) groups is 4. The van der Waals surface area contributed by atoms with Crippen LogP contribution >= 0.6 is 11.3 Å². The van der Waals surface area contributed by atoms with Crippen LogP contribution in [-0.4, -0.2) is 40.5 Å². The fourth-order valence-corrected chi connectivity index (χ4v) is 3.76. The van der Waals surface area contributed by atoms with E-state index in [1.165, 1.54) is 5.38 Å². The quantitative estimate of drug-likeness (QED) is 0.292. The van der Waals surface area contributed by atoms with Gasteiger partial charge in [0.15, 0.2) is 5.13 Å². The summed E-state index contributed by atoms with van der Waals surface area (Å²) in [6.45, 7) is 1.88. The van der Waals surface area contributed by atoms with Crippen molar-refractivity contribution >= 4 is 40.3 Å². The van der Waals surface area contributed by atoms with Crippen LogP contribution in [0, 0.1) is 6.92 Å². The molecule has 11 heteroatoms. The summed E-state index contributed by atoms with van der Waals surface area (Å²) in [6, 6.07) is 15.3. The predicted octanol–water partition coefficient (Wildman–Crippen LogP) is 2.84. The molecule has 35 heavy (non-hydrogen) atoms. The second-order valence-electron chi connectivity index (χ2n) is 7.64. The third-order valence-corrected chi connectivity index (χ3v) is 5.61. The van der Waals surface area contributed by atoms with Crippen molar-refractivity contribution < 1.29 is 24.3 Å². The zero-order valence-corrected chi connectivity index (χ0v) is 19.7. The highest BCUT2D eigenvalue weighted by atomic mass is 32.1. The maximum atomic E-state index is 12.4. The molecule has 3 aromatic rings. The molecule has 0 fully saturated rings. The lowest BCUT2D eigenvalue weighted by atomic mass is 10.0. The van der Waals surface area contributed by atoms with Crippen molar-refractivity contribution in [3.05, 3.63) is 82.4 Å². The number of aromatic nitrogens is 1. The van der Waals surface area contributed by atoms with Gasteiger partial charge in [0.25, 0.3) is 5.91 Å². The smallest absolute Gasteiger partial charge is 0.321 e.